The summed E-state index contributed by atoms with van der Waals surface area (Å²) >= 11 is 0. The van der Waals surface area contributed by atoms with E-state index in [4.69, 9.17) is 4.74 Å². The number of anilines is 3. The second kappa shape index (κ2) is 7.81. The third-order valence-corrected chi connectivity index (χ3v) is 3.34. The van der Waals surface area contributed by atoms with Crippen molar-refractivity contribution in [1.29, 1.82) is 0 Å². The van der Waals surface area contributed by atoms with Crippen molar-refractivity contribution in [3.8, 4) is 5.75 Å². The molecule has 0 spiro atoms. The molecule has 0 bridgehead atoms. The maximum atomic E-state index is 5.64. The summed E-state index contributed by atoms with van der Waals surface area (Å²) in [6.07, 6.45) is 1.21. The second-order valence-corrected chi connectivity index (χ2v) is 5.99. The average Bonchev–Trinajstić information content (AvgIpc) is 2.48. The first-order chi connectivity index (χ1) is 11.0. The van der Waals surface area contributed by atoms with E-state index in [-0.39, 0.29) is 6.10 Å². The van der Waals surface area contributed by atoms with Crippen LogP contribution in [0.4, 0.5) is 17.5 Å². The number of hydrogen-bond acceptors (Lipinski definition) is 5. The lowest BCUT2D eigenvalue weighted by atomic mass is 10.2. The van der Waals surface area contributed by atoms with E-state index in [0.717, 1.165) is 29.4 Å². The first-order valence-electron chi connectivity index (χ1n) is 8.12. The molecule has 0 saturated carbocycles. The number of aromatic nitrogens is 2. The highest BCUT2D eigenvalue weighted by Crippen LogP contribution is 2.20. The number of hydrogen-bond donors (Lipinski definition) is 2. The normalized spacial score (nSPS) is 12.1. The Morgan fingerprint density at radius 3 is 2.39 bits per heavy atom. The molecule has 0 aliphatic rings. The van der Waals surface area contributed by atoms with Crippen molar-refractivity contribution < 1.29 is 4.74 Å². The topological polar surface area (TPSA) is 59.1 Å². The molecular weight excluding hydrogens is 288 g/mol. The molecule has 0 aliphatic carbocycles. The van der Waals surface area contributed by atoms with Crippen molar-refractivity contribution in [2.75, 3.05) is 10.6 Å². The predicted molar refractivity (Wildman–Crippen MR) is 95.6 cm³/mol. The highest BCUT2D eigenvalue weighted by atomic mass is 16.5. The lowest BCUT2D eigenvalue weighted by Gasteiger charge is -2.14. The molecule has 0 amide bonds. The first-order valence-corrected chi connectivity index (χ1v) is 8.12. The zero-order chi connectivity index (χ0) is 16.8. The van der Waals surface area contributed by atoms with E-state index in [1.165, 1.54) is 0 Å². The molecular formula is C18H26N4O. The van der Waals surface area contributed by atoms with Gasteiger partial charge in [-0.1, -0.05) is 6.92 Å². The maximum Gasteiger partial charge on any atom is 0.229 e. The molecule has 2 aromatic rings. The molecule has 5 nitrogen and oxygen atoms in total. The fourth-order valence-electron chi connectivity index (χ4n) is 2.07. The molecule has 1 heterocycles. The van der Waals surface area contributed by atoms with Crippen molar-refractivity contribution in [3.63, 3.8) is 0 Å². The van der Waals surface area contributed by atoms with Gasteiger partial charge in [0.25, 0.3) is 0 Å². The Bertz CT molecular complexity index is 625. The van der Waals surface area contributed by atoms with E-state index in [0.29, 0.717) is 12.0 Å². The van der Waals surface area contributed by atoms with E-state index in [1.54, 1.807) is 0 Å². The van der Waals surface area contributed by atoms with Gasteiger partial charge in [0.15, 0.2) is 0 Å². The van der Waals surface area contributed by atoms with Crippen LogP contribution in [0.15, 0.2) is 30.3 Å². The Morgan fingerprint density at radius 1 is 1.09 bits per heavy atom. The van der Waals surface area contributed by atoms with Gasteiger partial charge >= 0.3 is 0 Å². The van der Waals surface area contributed by atoms with Crippen LogP contribution in [-0.4, -0.2) is 22.1 Å². The summed E-state index contributed by atoms with van der Waals surface area (Å²) in [5.74, 6) is 2.29. The van der Waals surface area contributed by atoms with Crippen molar-refractivity contribution >= 4 is 17.5 Å². The van der Waals surface area contributed by atoms with Gasteiger partial charge in [0.2, 0.25) is 5.95 Å². The van der Waals surface area contributed by atoms with E-state index >= 15 is 0 Å². The lowest BCUT2D eigenvalue weighted by Crippen LogP contribution is -2.15. The minimum Gasteiger partial charge on any atom is -0.491 e. The number of ether oxygens (including phenoxy) is 1. The van der Waals surface area contributed by atoms with Gasteiger partial charge in [-0.2, -0.15) is 4.98 Å². The van der Waals surface area contributed by atoms with E-state index in [9.17, 15) is 0 Å². The minimum absolute atomic E-state index is 0.170. The minimum atomic E-state index is 0.170. The van der Waals surface area contributed by atoms with Crippen LogP contribution in [-0.2, 0) is 0 Å². The van der Waals surface area contributed by atoms with Gasteiger partial charge in [0.1, 0.15) is 11.6 Å². The highest BCUT2D eigenvalue weighted by Gasteiger charge is 2.06. The molecule has 0 saturated heterocycles. The summed E-state index contributed by atoms with van der Waals surface area (Å²) in [7, 11) is 0. The monoisotopic (exact) mass is 314 g/mol. The third kappa shape index (κ3) is 5.43. The highest BCUT2D eigenvalue weighted by molar-refractivity contribution is 5.56. The molecule has 1 aromatic heterocycles. The number of benzene rings is 1. The van der Waals surface area contributed by atoms with Crippen LogP contribution in [0, 0.1) is 6.92 Å². The number of rotatable bonds is 7. The van der Waals surface area contributed by atoms with Gasteiger partial charge < -0.3 is 15.4 Å². The summed E-state index contributed by atoms with van der Waals surface area (Å²) in [5.41, 5.74) is 1.86. The Morgan fingerprint density at radius 2 is 1.78 bits per heavy atom. The summed E-state index contributed by atoms with van der Waals surface area (Å²) < 4.78 is 5.64. The predicted octanol–water partition coefficient (Wildman–Crippen LogP) is 4.53. The van der Waals surface area contributed by atoms with Gasteiger partial charge in [-0.25, -0.2) is 4.98 Å². The van der Waals surface area contributed by atoms with Gasteiger partial charge in [-0.05, 0) is 58.4 Å². The van der Waals surface area contributed by atoms with Crippen LogP contribution >= 0.6 is 0 Å². The summed E-state index contributed by atoms with van der Waals surface area (Å²) in [6, 6.07) is 10.1. The van der Waals surface area contributed by atoms with Crippen LogP contribution in [0.3, 0.4) is 0 Å². The van der Waals surface area contributed by atoms with E-state index < -0.39 is 0 Å². The quantitative estimate of drug-likeness (QED) is 0.786. The Kier molecular flexibility index (Phi) is 5.79. The van der Waals surface area contributed by atoms with Gasteiger partial charge in [0.05, 0.1) is 6.10 Å². The third-order valence-electron chi connectivity index (χ3n) is 3.34. The summed E-state index contributed by atoms with van der Waals surface area (Å²) in [5, 5.41) is 6.62. The van der Waals surface area contributed by atoms with Crippen LogP contribution < -0.4 is 15.4 Å². The Balaban J connectivity index is 2.10. The largest absolute Gasteiger partial charge is 0.491 e. The molecule has 2 rings (SSSR count). The smallest absolute Gasteiger partial charge is 0.229 e. The molecule has 124 valence electrons. The Hall–Kier alpha value is -2.30. The average molecular weight is 314 g/mol. The molecule has 2 N–H and O–H groups in total. The number of nitrogens with zero attached hydrogens (tertiary/aromatic N) is 2. The molecule has 0 radical (unpaired) electrons. The van der Waals surface area contributed by atoms with Crippen molar-refractivity contribution in [2.45, 2.75) is 53.2 Å². The van der Waals surface area contributed by atoms with E-state index in [1.807, 2.05) is 51.1 Å². The molecule has 1 aromatic carbocycles. The SMILES string of the molecule is CCC(C)Nc1cc(C)nc(Nc2ccc(OC(C)C)cc2)n1. The van der Waals surface area contributed by atoms with E-state index in [2.05, 4.69) is 34.4 Å². The molecule has 5 heteroatoms. The fraction of sp³-hybridized carbons (Fsp3) is 0.444. The van der Waals surface area contributed by atoms with Crippen molar-refractivity contribution in [1.82, 2.24) is 9.97 Å². The van der Waals surface area contributed by atoms with Crippen LogP contribution in [0.25, 0.3) is 0 Å². The summed E-state index contributed by atoms with van der Waals surface area (Å²) in [6.45, 7) is 10.3. The standard InChI is InChI=1S/C18H26N4O/c1-6-13(4)19-17-11-14(5)20-18(22-17)21-15-7-9-16(10-8-15)23-12(2)3/h7-13H,6H2,1-5H3,(H2,19,20,21,22). The summed E-state index contributed by atoms with van der Waals surface area (Å²) in [4.78, 5) is 8.96. The lowest BCUT2D eigenvalue weighted by molar-refractivity contribution is 0.242. The first kappa shape index (κ1) is 17.1. The molecule has 0 fully saturated rings. The molecule has 23 heavy (non-hydrogen) atoms. The van der Waals surface area contributed by atoms with Crippen LogP contribution in [0.1, 0.15) is 39.8 Å². The number of aryl methyl sites for hydroxylation is 1. The van der Waals surface area contributed by atoms with Crippen molar-refractivity contribution in [3.05, 3.63) is 36.0 Å². The fourth-order valence-corrected chi connectivity index (χ4v) is 2.07. The molecule has 1 unspecified atom stereocenters. The molecule has 0 aliphatic heterocycles. The van der Waals surface area contributed by atoms with Gasteiger partial charge in [-0.15, -0.1) is 0 Å². The van der Waals surface area contributed by atoms with Crippen LogP contribution in [0.2, 0.25) is 0 Å². The van der Waals surface area contributed by atoms with Crippen molar-refractivity contribution in [2.24, 2.45) is 0 Å². The molecule has 1 atom stereocenters. The zero-order valence-corrected chi connectivity index (χ0v) is 14.6. The van der Waals surface area contributed by atoms with Gasteiger partial charge in [0, 0.05) is 23.5 Å². The second-order valence-electron chi connectivity index (χ2n) is 5.99. The maximum absolute atomic E-state index is 5.64. The van der Waals surface area contributed by atoms with Gasteiger partial charge in [-0.3, -0.25) is 0 Å². The number of nitrogens with one attached hydrogen (secondary N) is 2. The zero-order valence-electron chi connectivity index (χ0n) is 14.6. The Labute approximate surface area is 138 Å². The van der Waals surface area contributed by atoms with Crippen LogP contribution in [0.5, 0.6) is 5.75 Å².